The van der Waals surface area contributed by atoms with Crippen molar-refractivity contribution in [3.63, 3.8) is 0 Å². The minimum atomic E-state index is 0.483. The van der Waals surface area contributed by atoms with Crippen molar-refractivity contribution in [3.8, 4) is 0 Å². The minimum absolute atomic E-state index is 0.483. The van der Waals surface area contributed by atoms with Crippen molar-refractivity contribution in [2.45, 2.75) is 24.4 Å². The molecule has 4 heteroatoms. The van der Waals surface area contributed by atoms with Crippen LogP contribution in [-0.4, -0.2) is 23.3 Å². The first-order valence-electron chi connectivity index (χ1n) is 6.76. The summed E-state index contributed by atoms with van der Waals surface area (Å²) in [6, 6.07) is 14.9. The molecule has 2 rings (SSSR count). The number of benzene rings is 1. The van der Waals surface area contributed by atoms with E-state index in [-0.39, 0.29) is 0 Å². The summed E-state index contributed by atoms with van der Waals surface area (Å²) in [5.74, 6) is 1.01. The molecular weight excluding hydrogens is 288 g/mol. The second kappa shape index (κ2) is 8.30. The van der Waals surface area contributed by atoms with Crippen LogP contribution in [0, 0.1) is 0 Å². The molecule has 1 heterocycles. The van der Waals surface area contributed by atoms with E-state index in [0.717, 1.165) is 23.7 Å². The van der Waals surface area contributed by atoms with Crippen molar-refractivity contribution in [1.29, 1.82) is 0 Å². The Morgan fingerprint density at radius 2 is 2.00 bits per heavy atom. The largest absolute Gasteiger partial charge is 0.313 e. The highest BCUT2D eigenvalue weighted by atomic mass is 35.5. The van der Waals surface area contributed by atoms with Crippen molar-refractivity contribution in [1.82, 2.24) is 10.3 Å². The number of hydrogen-bond acceptors (Lipinski definition) is 3. The Kier molecular flexibility index (Phi) is 6.37. The van der Waals surface area contributed by atoms with E-state index in [9.17, 15) is 0 Å². The van der Waals surface area contributed by atoms with Gasteiger partial charge in [0.1, 0.15) is 0 Å². The molecule has 1 atom stereocenters. The third kappa shape index (κ3) is 5.53. The van der Waals surface area contributed by atoms with Crippen LogP contribution in [0.1, 0.15) is 12.5 Å². The predicted octanol–water partition coefficient (Wildman–Crippen LogP) is 4.05. The highest BCUT2D eigenvalue weighted by Crippen LogP contribution is 2.16. The summed E-state index contributed by atoms with van der Waals surface area (Å²) in [6.07, 6.45) is 2.75. The number of halogens is 1. The smallest absolute Gasteiger partial charge is 0.0961 e. The number of hydrogen-bond donors (Lipinski definition) is 1. The lowest BCUT2D eigenvalue weighted by Crippen LogP contribution is -2.30. The fraction of sp³-hybridized carbons (Fsp3) is 0.312. The molecule has 2 aromatic rings. The van der Waals surface area contributed by atoms with Gasteiger partial charge in [0.25, 0.3) is 0 Å². The predicted molar refractivity (Wildman–Crippen MR) is 87.6 cm³/mol. The molecule has 0 aliphatic carbocycles. The van der Waals surface area contributed by atoms with E-state index in [1.54, 1.807) is 18.0 Å². The van der Waals surface area contributed by atoms with Gasteiger partial charge in [-0.1, -0.05) is 41.9 Å². The van der Waals surface area contributed by atoms with E-state index in [1.807, 2.05) is 12.1 Å². The first-order chi connectivity index (χ1) is 9.74. The summed E-state index contributed by atoms with van der Waals surface area (Å²) in [5.41, 5.74) is 1.37. The van der Waals surface area contributed by atoms with Crippen LogP contribution in [0.15, 0.2) is 53.7 Å². The van der Waals surface area contributed by atoms with Crippen LogP contribution >= 0.6 is 23.4 Å². The van der Waals surface area contributed by atoms with Gasteiger partial charge in [-0.3, -0.25) is 0 Å². The molecule has 106 valence electrons. The maximum atomic E-state index is 5.81. The molecular formula is C16H19ClN2S. The summed E-state index contributed by atoms with van der Waals surface area (Å²) in [5, 5.41) is 5.24. The van der Waals surface area contributed by atoms with E-state index in [4.69, 9.17) is 11.6 Å². The van der Waals surface area contributed by atoms with Crippen LogP contribution in [0.3, 0.4) is 0 Å². The van der Waals surface area contributed by atoms with E-state index in [0.29, 0.717) is 11.1 Å². The zero-order valence-corrected chi connectivity index (χ0v) is 13.1. The molecule has 20 heavy (non-hydrogen) atoms. The first kappa shape index (κ1) is 15.4. The van der Waals surface area contributed by atoms with Gasteiger partial charge < -0.3 is 5.32 Å². The Balaban J connectivity index is 1.64. The van der Waals surface area contributed by atoms with Crippen molar-refractivity contribution in [2.75, 3.05) is 12.3 Å². The summed E-state index contributed by atoms with van der Waals surface area (Å²) < 4.78 is 0. The quantitative estimate of drug-likeness (QED) is 0.617. The average molecular weight is 307 g/mol. The minimum Gasteiger partial charge on any atom is -0.313 e. The van der Waals surface area contributed by atoms with Gasteiger partial charge in [0.05, 0.1) is 10.0 Å². The van der Waals surface area contributed by atoms with Crippen molar-refractivity contribution >= 4 is 23.4 Å². The van der Waals surface area contributed by atoms with Crippen molar-refractivity contribution in [3.05, 3.63) is 59.2 Å². The molecule has 0 bridgehead atoms. The standard InChI is InChI=1S/C16H19ClN2S/c1-13(11-14-5-3-2-4-6-14)18-9-10-20-16-8-7-15(17)12-19-16/h2-8,12-13,18H,9-11H2,1H3. The van der Waals surface area contributed by atoms with Gasteiger partial charge in [0.15, 0.2) is 0 Å². The highest BCUT2D eigenvalue weighted by Gasteiger charge is 2.02. The molecule has 1 aromatic heterocycles. The van der Waals surface area contributed by atoms with E-state index in [1.165, 1.54) is 5.56 Å². The molecule has 0 saturated heterocycles. The summed E-state index contributed by atoms with van der Waals surface area (Å²) in [4.78, 5) is 4.27. The maximum absolute atomic E-state index is 5.81. The van der Waals surface area contributed by atoms with Crippen LogP contribution in [0.2, 0.25) is 5.02 Å². The van der Waals surface area contributed by atoms with E-state index in [2.05, 4.69) is 47.6 Å². The lowest BCUT2D eigenvalue weighted by atomic mass is 10.1. The van der Waals surface area contributed by atoms with Gasteiger partial charge in [-0.05, 0) is 31.0 Å². The Hall–Kier alpha value is -1.03. The number of thioether (sulfide) groups is 1. The zero-order chi connectivity index (χ0) is 14.2. The molecule has 1 N–H and O–H groups in total. The lowest BCUT2D eigenvalue weighted by molar-refractivity contribution is 0.568. The molecule has 0 spiro atoms. The molecule has 1 aromatic carbocycles. The zero-order valence-electron chi connectivity index (χ0n) is 11.6. The molecule has 0 fully saturated rings. The van der Waals surface area contributed by atoms with Gasteiger partial charge in [-0.15, -0.1) is 11.8 Å². The SMILES string of the molecule is CC(Cc1ccccc1)NCCSc1ccc(Cl)cn1. The molecule has 0 amide bonds. The number of pyridine rings is 1. The van der Waals surface area contributed by atoms with Crippen LogP contribution in [0.4, 0.5) is 0 Å². The van der Waals surface area contributed by atoms with Crippen molar-refractivity contribution in [2.24, 2.45) is 0 Å². The Bertz CT molecular complexity index is 502. The number of nitrogens with zero attached hydrogens (tertiary/aromatic N) is 1. The molecule has 0 saturated carbocycles. The molecule has 0 radical (unpaired) electrons. The number of rotatable bonds is 7. The second-order valence-electron chi connectivity index (χ2n) is 4.71. The van der Waals surface area contributed by atoms with Gasteiger partial charge in [0, 0.05) is 24.5 Å². The van der Waals surface area contributed by atoms with E-state index >= 15 is 0 Å². The second-order valence-corrected chi connectivity index (χ2v) is 6.26. The fourth-order valence-corrected chi connectivity index (χ4v) is 2.78. The number of nitrogens with one attached hydrogen (secondary N) is 1. The number of aromatic nitrogens is 1. The summed E-state index contributed by atoms with van der Waals surface area (Å²) in [6.45, 7) is 3.20. The van der Waals surface area contributed by atoms with Gasteiger partial charge >= 0.3 is 0 Å². The average Bonchev–Trinajstić information content (AvgIpc) is 2.46. The fourth-order valence-electron chi connectivity index (χ4n) is 1.95. The van der Waals surface area contributed by atoms with Gasteiger partial charge in [-0.25, -0.2) is 4.98 Å². The van der Waals surface area contributed by atoms with Gasteiger partial charge in [-0.2, -0.15) is 0 Å². The maximum Gasteiger partial charge on any atom is 0.0961 e. The third-order valence-electron chi connectivity index (χ3n) is 2.93. The normalized spacial score (nSPS) is 12.3. The van der Waals surface area contributed by atoms with Crippen LogP contribution in [0.25, 0.3) is 0 Å². The van der Waals surface area contributed by atoms with Crippen LogP contribution in [-0.2, 0) is 6.42 Å². The first-order valence-corrected chi connectivity index (χ1v) is 8.12. The monoisotopic (exact) mass is 306 g/mol. The van der Waals surface area contributed by atoms with E-state index < -0.39 is 0 Å². The van der Waals surface area contributed by atoms with Gasteiger partial charge in [0.2, 0.25) is 0 Å². The molecule has 1 unspecified atom stereocenters. The van der Waals surface area contributed by atoms with Crippen molar-refractivity contribution < 1.29 is 0 Å². The topological polar surface area (TPSA) is 24.9 Å². The molecule has 2 nitrogen and oxygen atoms in total. The van der Waals surface area contributed by atoms with Crippen LogP contribution < -0.4 is 5.32 Å². The van der Waals surface area contributed by atoms with Crippen LogP contribution in [0.5, 0.6) is 0 Å². The molecule has 0 aliphatic rings. The Morgan fingerprint density at radius 3 is 2.70 bits per heavy atom. The Morgan fingerprint density at radius 1 is 1.20 bits per heavy atom. The summed E-state index contributed by atoms with van der Waals surface area (Å²) in [7, 11) is 0. The highest BCUT2D eigenvalue weighted by molar-refractivity contribution is 7.99. The third-order valence-corrected chi connectivity index (χ3v) is 4.10. The summed E-state index contributed by atoms with van der Waals surface area (Å²) >= 11 is 7.55. The Labute approximate surface area is 130 Å². The molecule has 0 aliphatic heterocycles. The lowest BCUT2D eigenvalue weighted by Gasteiger charge is -2.13.